The predicted molar refractivity (Wildman–Crippen MR) is 88.0 cm³/mol. The molecule has 5 nitrogen and oxygen atoms in total. The number of morpholine rings is 1. The highest BCUT2D eigenvalue weighted by molar-refractivity contribution is 7.09. The van der Waals surface area contributed by atoms with E-state index < -0.39 is 0 Å². The van der Waals surface area contributed by atoms with Gasteiger partial charge in [0.2, 0.25) is 0 Å². The first-order valence-electron chi connectivity index (χ1n) is 7.70. The average molecular weight is 320 g/mol. The van der Waals surface area contributed by atoms with Crippen molar-refractivity contribution in [2.75, 3.05) is 19.7 Å². The second-order valence-electron chi connectivity index (χ2n) is 6.86. The molecule has 120 valence electrons. The van der Waals surface area contributed by atoms with E-state index in [-0.39, 0.29) is 11.5 Å². The SMILES string of the molecule is Cn1nccc1CN1CCOC(c2nc(C(C)(C)C)cs2)C1. The first-order valence-corrected chi connectivity index (χ1v) is 8.58. The summed E-state index contributed by atoms with van der Waals surface area (Å²) in [6.45, 7) is 10.1. The molecule has 0 aromatic carbocycles. The van der Waals surface area contributed by atoms with Crippen LogP contribution in [0.25, 0.3) is 0 Å². The van der Waals surface area contributed by atoms with E-state index in [1.165, 1.54) is 5.69 Å². The Labute approximate surface area is 135 Å². The van der Waals surface area contributed by atoms with Gasteiger partial charge in [-0.1, -0.05) is 20.8 Å². The molecule has 0 radical (unpaired) electrons. The van der Waals surface area contributed by atoms with Crippen LogP contribution >= 0.6 is 11.3 Å². The lowest BCUT2D eigenvalue weighted by molar-refractivity contribution is -0.0337. The third-order valence-electron chi connectivity index (χ3n) is 4.02. The Morgan fingerprint density at radius 3 is 2.86 bits per heavy atom. The second kappa shape index (κ2) is 6.10. The number of hydrogen-bond donors (Lipinski definition) is 0. The number of rotatable bonds is 3. The highest BCUT2D eigenvalue weighted by Crippen LogP contribution is 2.30. The van der Waals surface area contributed by atoms with Gasteiger partial charge in [-0.15, -0.1) is 11.3 Å². The number of thiazole rings is 1. The van der Waals surface area contributed by atoms with Gasteiger partial charge in [0.1, 0.15) is 11.1 Å². The highest BCUT2D eigenvalue weighted by atomic mass is 32.1. The summed E-state index contributed by atoms with van der Waals surface area (Å²) in [4.78, 5) is 7.22. The lowest BCUT2D eigenvalue weighted by Crippen LogP contribution is -2.38. The fourth-order valence-corrected chi connectivity index (χ4v) is 3.65. The quantitative estimate of drug-likeness (QED) is 0.872. The fourth-order valence-electron chi connectivity index (χ4n) is 2.56. The Hall–Kier alpha value is -1.24. The smallest absolute Gasteiger partial charge is 0.123 e. The van der Waals surface area contributed by atoms with Crippen molar-refractivity contribution < 1.29 is 4.74 Å². The van der Waals surface area contributed by atoms with Gasteiger partial charge in [-0.3, -0.25) is 9.58 Å². The Morgan fingerprint density at radius 2 is 2.23 bits per heavy atom. The molecule has 1 aliphatic heterocycles. The van der Waals surface area contributed by atoms with Crippen molar-refractivity contribution in [1.82, 2.24) is 19.7 Å². The molecule has 6 heteroatoms. The van der Waals surface area contributed by atoms with E-state index in [2.05, 4.69) is 42.2 Å². The molecule has 0 saturated carbocycles. The van der Waals surface area contributed by atoms with E-state index in [4.69, 9.17) is 9.72 Å². The van der Waals surface area contributed by atoms with Crippen LogP contribution in [-0.4, -0.2) is 39.4 Å². The van der Waals surface area contributed by atoms with Crippen molar-refractivity contribution in [2.24, 2.45) is 7.05 Å². The van der Waals surface area contributed by atoms with Crippen LogP contribution in [0, 0.1) is 0 Å². The van der Waals surface area contributed by atoms with Crippen LogP contribution < -0.4 is 0 Å². The Balaban J connectivity index is 1.68. The minimum Gasteiger partial charge on any atom is -0.368 e. The van der Waals surface area contributed by atoms with Crippen molar-refractivity contribution >= 4 is 11.3 Å². The van der Waals surface area contributed by atoms with Gasteiger partial charge in [-0.25, -0.2) is 4.98 Å². The maximum atomic E-state index is 5.95. The van der Waals surface area contributed by atoms with Crippen LogP contribution in [0.2, 0.25) is 0 Å². The lowest BCUT2D eigenvalue weighted by atomic mass is 9.93. The molecule has 0 bridgehead atoms. The summed E-state index contributed by atoms with van der Waals surface area (Å²) in [6.07, 6.45) is 1.94. The highest BCUT2D eigenvalue weighted by Gasteiger charge is 2.26. The van der Waals surface area contributed by atoms with Gasteiger partial charge in [-0.05, 0) is 6.07 Å². The van der Waals surface area contributed by atoms with Crippen molar-refractivity contribution in [3.8, 4) is 0 Å². The zero-order chi connectivity index (χ0) is 15.7. The van der Waals surface area contributed by atoms with Crippen molar-refractivity contribution in [2.45, 2.75) is 38.8 Å². The summed E-state index contributed by atoms with van der Waals surface area (Å²) >= 11 is 1.72. The average Bonchev–Trinajstić information content (AvgIpc) is 3.09. The summed E-state index contributed by atoms with van der Waals surface area (Å²) < 4.78 is 7.89. The summed E-state index contributed by atoms with van der Waals surface area (Å²) in [5.74, 6) is 0. The summed E-state index contributed by atoms with van der Waals surface area (Å²) in [5, 5.41) is 7.50. The second-order valence-corrected chi connectivity index (χ2v) is 7.75. The third kappa shape index (κ3) is 3.39. The first kappa shape index (κ1) is 15.6. The van der Waals surface area contributed by atoms with Gasteiger partial charge < -0.3 is 4.74 Å². The molecule has 3 rings (SSSR count). The fraction of sp³-hybridized carbons (Fsp3) is 0.625. The van der Waals surface area contributed by atoms with E-state index in [0.717, 1.165) is 36.9 Å². The van der Waals surface area contributed by atoms with E-state index >= 15 is 0 Å². The molecule has 2 aromatic heterocycles. The minimum absolute atomic E-state index is 0.0862. The maximum Gasteiger partial charge on any atom is 0.123 e. The zero-order valence-electron chi connectivity index (χ0n) is 13.7. The minimum atomic E-state index is 0.0862. The summed E-state index contributed by atoms with van der Waals surface area (Å²) in [5.41, 5.74) is 2.48. The number of aryl methyl sites for hydroxylation is 1. The van der Waals surface area contributed by atoms with E-state index in [1.807, 2.05) is 17.9 Å². The molecule has 3 heterocycles. The Kier molecular flexibility index (Phi) is 4.34. The van der Waals surface area contributed by atoms with Crippen LogP contribution in [0.3, 0.4) is 0 Å². The van der Waals surface area contributed by atoms with E-state index in [9.17, 15) is 0 Å². The molecule has 2 aromatic rings. The molecule has 1 unspecified atom stereocenters. The van der Waals surface area contributed by atoms with Gasteiger partial charge in [0.15, 0.2) is 0 Å². The first-order chi connectivity index (χ1) is 10.4. The number of ether oxygens (including phenoxy) is 1. The topological polar surface area (TPSA) is 43.2 Å². The third-order valence-corrected chi connectivity index (χ3v) is 4.96. The molecule has 0 aliphatic carbocycles. The Morgan fingerprint density at radius 1 is 1.41 bits per heavy atom. The summed E-state index contributed by atoms with van der Waals surface area (Å²) in [6, 6.07) is 2.07. The van der Waals surface area contributed by atoms with Crippen LogP contribution in [0.1, 0.15) is 43.3 Å². The molecule has 0 spiro atoms. The molecule has 22 heavy (non-hydrogen) atoms. The largest absolute Gasteiger partial charge is 0.368 e. The normalized spacial score (nSPS) is 20.5. The molecule has 1 saturated heterocycles. The molecule has 0 amide bonds. The van der Waals surface area contributed by atoms with Crippen LogP contribution in [0.4, 0.5) is 0 Å². The van der Waals surface area contributed by atoms with E-state index in [1.54, 1.807) is 11.3 Å². The standard InChI is InChI=1S/C16H24N4OS/c1-16(2,3)14-11-22-15(18-14)13-10-20(7-8-21-13)9-12-5-6-17-19(12)4/h5-6,11,13H,7-10H2,1-4H3. The van der Waals surface area contributed by atoms with Crippen molar-refractivity contribution in [1.29, 1.82) is 0 Å². The maximum absolute atomic E-state index is 5.95. The zero-order valence-corrected chi connectivity index (χ0v) is 14.6. The van der Waals surface area contributed by atoms with Gasteiger partial charge in [0.25, 0.3) is 0 Å². The van der Waals surface area contributed by atoms with Crippen molar-refractivity contribution in [3.63, 3.8) is 0 Å². The predicted octanol–water partition coefficient (Wildman–Crippen LogP) is 2.75. The van der Waals surface area contributed by atoms with E-state index in [0.29, 0.717) is 0 Å². The summed E-state index contributed by atoms with van der Waals surface area (Å²) in [7, 11) is 1.99. The molecule has 1 fully saturated rings. The van der Waals surface area contributed by atoms with Gasteiger partial charge in [0, 0.05) is 43.7 Å². The lowest BCUT2D eigenvalue weighted by Gasteiger charge is -2.31. The number of aromatic nitrogens is 3. The number of nitrogens with zero attached hydrogens (tertiary/aromatic N) is 4. The van der Waals surface area contributed by atoms with Crippen LogP contribution in [0.5, 0.6) is 0 Å². The van der Waals surface area contributed by atoms with Gasteiger partial charge in [0.05, 0.1) is 18.0 Å². The molecular formula is C16H24N4OS. The molecule has 0 N–H and O–H groups in total. The molecular weight excluding hydrogens is 296 g/mol. The monoisotopic (exact) mass is 320 g/mol. The molecule has 1 aliphatic rings. The number of hydrogen-bond acceptors (Lipinski definition) is 5. The van der Waals surface area contributed by atoms with Crippen molar-refractivity contribution in [3.05, 3.63) is 34.0 Å². The molecule has 1 atom stereocenters. The van der Waals surface area contributed by atoms with Crippen LogP contribution in [-0.2, 0) is 23.7 Å². The van der Waals surface area contributed by atoms with Crippen LogP contribution in [0.15, 0.2) is 17.6 Å². The van der Waals surface area contributed by atoms with Gasteiger partial charge >= 0.3 is 0 Å². The van der Waals surface area contributed by atoms with Gasteiger partial charge in [-0.2, -0.15) is 5.10 Å². The Bertz CT molecular complexity index is 628.